The lowest BCUT2D eigenvalue weighted by atomic mass is 9.90. The molecule has 0 aliphatic carbocycles. The molecule has 1 N–H and O–H groups in total. The van der Waals surface area contributed by atoms with Gasteiger partial charge < -0.3 is 14.8 Å². The largest absolute Gasteiger partial charge is 0.467 e. The number of hydrogen-bond acceptors (Lipinski definition) is 6. The summed E-state index contributed by atoms with van der Waals surface area (Å²) in [6, 6.07) is 17.1. The van der Waals surface area contributed by atoms with Gasteiger partial charge in [0.1, 0.15) is 18.1 Å². The first-order chi connectivity index (χ1) is 13.4. The smallest absolute Gasteiger partial charge is 0.343 e. The average molecular weight is 384 g/mol. The van der Waals surface area contributed by atoms with Crippen LogP contribution in [0.25, 0.3) is 0 Å². The zero-order valence-electron chi connectivity index (χ0n) is 15.5. The standard InChI is InChI=1S/C14H16N2O5.C6H4O/c1-10(17)15-14(13(19)20-2)9-16(12(14)18)21-8-11-6-4-3-5-7-11;1-2-5-4-6(3-1)7-5/h3-7H,8-9H2,1-2H3,(H,15,17);1-4H. The van der Waals surface area contributed by atoms with Gasteiger partial charge >= 0.3 is 5.97 Å². The van der Waals surface area contributed by atoms with Gasteiger partial charge in [-0.15, -0.1) is 0 Å². The number of rotatable bonds is 5. The monoisotopic (exact) mass is 384 g/mol. The molecule has 1 fully saturated rings. The Morgan fingerprint density at radius 1 is 1.14 bits per heavy atom. The summed E-state index contributed by atoms with van der Waals surface area (Å²) < 4.78 is 9.59. The molecule has 2 aromatic rings. The predicted octanol–water partition coefficient (Wildman–Crippen LogP) is 1.80. The fourth-order valence-electron chi connectivity index (χ4n) is 2.76. The molecule has 2 bridgehead atoms. The van der Waals surface area contributed by atoms with Gasteiger partial charge in [0.25, 0.3) is 5.91 Å². The molecule has 0 radical (unpaired) electrons. The molecule has 2 aromatic carbocycles. The molecule has 5 rings (SSSR count). The number of nitrogens with one attached hydrogen (secondary N) is 1. The van der Waals surface area contributed by atoms with Crippen LogP contribution in [-0.4, -0.2) is 42.0 Å². The number of benzene rings is 2. The van der Waals surface area contributed by atoms with E-state index in [1.807, 2.05) is 54.6 Å². The Bertz CT molecular complexity index is 861. The second-order valence-electron chi connectivity index (χ2n) is 6.26. The van der Waals surface area contributed by atoms with Gasteiger partial charge in [-0.05, 0) is 17.7 Å². The number of ether oxygens (including phenoxy) is 2. The molecule has 0 spiro atoms. The van der Waals surface area contributed by atoms with Crippen molar-refractivity contribution in [1.29, 1.82) is 0 Å². The number of esters is 1. The summed E-state index contributed by atoms with van der Waals surface area (Å²) in [5.41, 5.74) is -0.780. The summed E-state index contributed by atoms with van der Waals surface area (Å²) >= 11 is 0. The highest BCUT2D eigenvalue weighted by Gasteiger charge is 2.61. The van der Waals surface area contributed by atoms with Crippen molar-refractivity contribution in [2.24, 2.45) is 0 Å². The number of amides is 2. The fraction of sp³-hybridized carbons (Fsp3) is 0.250. The molecule has 28 heavy (non-hydrogen) atoms. The van der Waals surface area contributed by atoms with Crippen LogP contribution in [0, 0.1) is 0 Å². The van der Waals surface area contributed by atoms with E-state index < -0.39 is 23.3 Å². The van der Waals surface area contributed by atoms with Gasteiger partial charge in [-0.1, -0.05) is 36.4 Å². The number of hydroxylamine groups is 2. The molecular formula is C20H20N2O6. The van der Waals surface area contributed by atoms with Crippen molar-refractivity contribution in [3.05, 3.63) is 60.2 Å². The first-order valence-corrected chi connectivity index (χ1v) is 8.58. The SMILES string of the molecule is COC(=O)C1(NC(C)=O)CN(OCc2ccccc2)C1=O.c1cc2cc(c1)O2. The summed E-state index contributed by atoms with van der Waals surface area (Å²) in [5, 5.41) is 3.38. The quantitative estimate of drug-likeness (QED) is 0.410. The lowest BCUT2D eigenvalue weighted by Crippen LogP contribution is -2.77. The zero-order chi connectivity index (χ0) is 20.1. The lowest BCUT2D eigenvalue weighted by molar-refractivity contribution is -0.235. The van der Waals surface area contributed by atoms with E-state index in [4.69, 9.17) is 9.57 Å². The van der Waals surface area contributed by atoms with Crippen molar-refractivity contribution >= 4 is 17.8 Å². The van der Waals surface area contributed by atoms with Crippen molar-refractivity contribution in [3.63, 3.8) is 0 Å². The summed E-state index contributed by atoms with van der Waals surface area (Å²) in [6.07, 6.45) is 0. The highest BCUT2D eigenvalue weighted by molar-refractivity contribution is 6.13. The molecule has 1 unspecified atom stereocenters. The zero-order valence-corrected chi connectivity index (χ0v) is 15.5. The Morgan fingerprint density at radius 2 is 1.79 bits per heavy atom. The van der Waals surface area contributed by atoms with Crippen molar-refractivity contribution in [3.8, 4) is 11.5 Å². The molecule has 1 atom stereocenters. The number of β-lactam (4-membered cyclic amide) rings is 1. The van der Waals surface area contributed by atoms with E-state index in [0.717, 1.165) is 29.2 Å². The number of hydrogen-bond donors (Lipinski definition) is 1. The Morgan fingerprint density at radius 3 is 2.21 bits per heavy atom. The molecule has 8 heteroatoms. The van der Waals surface area contributed by atoms with Crippen molar-refractivity contribution in [2.45, 2.75) is 19.1 Å². The molecule has 0 aromatic heterocycles. The Labute approximate surface area is 161 Å². The van der Waals surface area contributed by atoms with Crippen LogP contribution in [0.2, 0.25) is 0 Å². The maximum atomic E-state index is 12.1. The van der Waals surface area contributed by atoms with Crippen LogP contribution in [0.4, 0.5) is 0 Å². The molecule has 146 valence electrons. The molecule has 3 aliphatic heterocycles. The number of nitrogens with zero attached hydrogens (tertiary/aromatic N) is 1. The third-order valence-electron chi connectivity index (χ3n) is 4.17. The third kappa shape index (κ3) is 3.96. The van der Waals surface area contributed by atoms with E-state index in [1.54, 1.807) is 0 Å². The van der Waals surface area contributed by atoms with Crippen LogP contribution in [0.3, 0.4) is 0 Å². The van der Waals surface area contributed by atoms with E-state index in [-0.39, 0.29) is 13.2 Å². The highest BCUT2D eigenvalue weighted by atomic mass is 16.7. The number of carbonyl (C=O) groups excluding carboxylic acids is 3. The van der Waals surface area contributed by atoms with E-state index in [0.29, 0.717) is 0 Å². The first-order valence-electron chi connectivity index (χ1n) is 8.58. The van der Waals surface area contributed by atoms with Crippen LogP contribution in [0.1, 0.15) is 12.5 Å². The van der Waals surface area contributed by atoms with Crippen LogP contribution in [-0.2, 0) is 30.6 Å². The van der Waals surface area contributed by atoms with Crippen LogP contribution in [0.15, 0.2) is 54.6 Å². The number of methoxy groups -OCH3 is 1. The van der Waals surface area contributed by atoms with Gasteiger partial charge in [0.15, 0.2) is 0 Å². The van der Waals surface area contributed by atoms with Gasteiger partial charge in [-0.2, -0.15) is 0 Å². The molecule has 8 nitrogen and oxygen atoms in total. The van der Waals surface area contributed by atoms with E-state index in [1.165, 1.54) is 6.92 Å². The normalized spacial score (nSPS) is 18.5. The molecule has 2 amide bonds. The third-order valence-corrected chi connectivity index (χ3v) is 4.17. The topological polar surface area (TPSA) is 94.2 Å². The Kier molecular flexibility index (Phi) is 5.60. The van der Waals surface area contributed by atoms with Gasteiger partial charge in [-0.3, -0.25) is 14.4 Å². The fourth-order valence-corrected chi connectivity index (χ4v) is 2.76. The highest BCUT2D eigenvalue weighted by Crippen LogP contribution is 2.33. The summed E-state index contributed by atoms with van der Waals surface area (Å²) in [5.74, 6) is 0.0363. The van der Waals surface area contributed by atoms with E-state index in [2.05, 4.69) is 10.1 Å². The minimum absolute atomic E-state index is 0.0785. The predicted molar refractivity (Wildman–Crippen MR) is 98.0 cm³/mol. The van der Waals surface area contributed by atoms with Gasteiger partial charge in [-0.25, -0.2) is 9.86 Å². The summed E-state index contributed by atoms with van der Waals surface area (Å²) in [7, 11) is 1.16. The Balaban J connectivity index is 0.000000264. The van der Waals surface area contributed by atoms with Crippen LogP contribution in [0.5, 0.6) is 11.5 Å². The number of fused-ring (bicyclic) bond motifs is 2. The molecule has 1 saturated heterocycles. The Hall–Kier alpha value is -3.39. The average Bonchev–Trinajstić information content (AvgIpc) is 2.70. The molecule has 3 heterocycles. The van der Waals surface area contributed by atoms with Gasteiger partial charge in [0, 0.05) is 13.0 Å². The summed E-state index contributed by atoms with van der Waals surface area (Å²) in [6.45, 7) is 1.35. The van der Waals surface area contributed by atoms with Crippen LogP contribution >= 0.6 is 0 Å². The van der Waals surface area contributed by atoms with E-state index in [9.17, 15) is 14.4 Å². The minimum atomic E-state index is -1.67. The first kappa shape index (κ1) is 19.4. The van der Waals surface area contributed by atoms with E-state index >= 15 is 0 Å². The summed E-state index contributed by atoms with van der Waals surface area (Å²) in [4.78, 5) is 40.4. The van der Waals surface area contributed by atoms with Crippen LogP contribution < -0.4 is 10.1 Å². The van der Waals surface area contributed by atoms with Crippen molar-refractivity contribution in [1.82, 2.24) is 10.4 Å². The molecule has 3 aliphatic rings. The van der Waals surface area contributed by atoms with Crippen molar-refractivity contribution in [2.75, 3.05) is 13.7 Å². The lowest BCUT2D eigenvalue weighted by Gasteiger charge is -2.44. The van der Waals surface area contributed by atoms with Crippen molar-refractivity contribution < 1.29 is 28.7 Å². The van der Waals surface area contributed by atoms with Gasteiger partial charge in [0.05, 0.1) is 13.7 Å². The van der Waals surface area contributed by atoms with Gasteiger partial charge in [0.2, 0.25) is 11.4 Å². The second-order valence-corrected chi connectivity index (χ2v) is 6.26. The molecular weight excluding hydrogens is 364 g/mol. The second kappa shape index (κ2) is 8.10. The maximum Gasteiger partial charge on any atom is 0.343 e. The number of carbonyl (C=O) groups is 3. The minimum Gasteiger partial charge on any atom is -0.467 e. The maximum absolute atomic E-state index is 12.1. The molecule has 0 saturated carbocycles.